The number of likely N-dealkylation sites (tertiary alicyclic amines) is 1. The quantitative estimate of drug-likeness (QED) is 0.888. The average Bonchev–Trinajstić information content (AvgIpc) is 2.52. The Hall–Kier alpha value is -2.25. The zero-order chi connectivity index (χ0) is 17.7. The van der Waals surface area contributed by atoms with Crippen molar-refractivity contribution in [2.24, 2.45) is 0 Å². The molecule has 1 saturated heterocycles. The van der Waals surface area contributed by atoms with Gasteiger partial charge in [-0.3, -0.25) is 9.59 Å². The van der Waals surface area contributed by atoms with Crippen molar-refractivity contribution in [1.29, 1.82) is 0 Å². The van der Waals surface area contributed by atoms with Gasteiger partial charge in [-0.1, -0.05) is 0 Å². The normalized spacial score (nSPS) is 18.3. The third-order valence-corrected chi connectivity index (χ3v) is 3.91. The van der Waals surface area contributed by atoms with Gasteiger partial charge in [0.2, 0.25) is 0 Å². The number of benzene rings is 1. The number of amides is 1. The van der Waals surface area contributed by atoms with Gasteiger partial charge in [0.15, 0.2) is 0 Å². The van der Waals surface area contributed by atoms with Crippen molar-refractivity contribution in [3.63, 3.8) is 0 Å². The van der Waals surface area contributed by atoms with Gasteiger partial charge in [-0.2, -0.15) is 0 Å². The maximum atomic E-state index is 12.6. The molecule has 1 fully saturated rings. The Balaban J connectivity index is 2.06. The monoisotopic (exact) mass is 345 g/mol. The molecule has 0 aliphatic carbocycles. The fourth-order valence-corrected chi connectivity index (χ4v) is 2.82. The van der Waals surface area contributed by atoms with Crippen LogP contribution in [0.15, 0.2) is 24.3 Å². The van der Waals surface area contributed by atoms with E-state index in [-0.39, 0.29) is 29.7 Å². The van der Waals surface area contributed by atoms with Gasteiger partial charge in [-0.15, -0.1) is 13.2 Å². The van der Waals surface area contributed by atoms with Gasteiger partial charge in [0.1, 0.15) is 5.75 Å². The number of aliphatic carboxylic acids is 1. The number of carboxylic acid groups (broad SMARTS) is 1. The molecule has 1 aliphatic rings. The highest BCUT2D eigenvalue weighted by molar-refractivity contribution is 5.94. The van der Waals surface area contributed by atoms with Crippen LogP contribution in [0, 0.1) is 0 Å². The number of carbonyl (C=O) groups excluding carboxylic acids is 1. The Morgan fingerprint density at radius 2 is 1.88 bits per heavy atom. The van der Waals surface area contributed by atoms with E-state index in [1.807, 2.05) is 0 Å². The standard InChI is InChI=1S/C16H18F3NO4/c17-16(18,19)24-13-7-4-11(5-8-13)15(23)20-10-2-1-3-12(20)6-9-14(21)22/h4-5,7-8,12H,1-3,6,9-10H2,(H,21,22). The maximum absolute atomic E-state index is 12.6. The number of carbonyl (C=O) groups is 2. The van der Waals surface area contributed by atoms with Gasteiger partial charge in [0.25, 0.3) is 5.91 Å². The van der Waals surface area contributed by atoms with E-state index in [9.17, 15) is 22.8 Å². The molecule has 1 heterocycles. The molecular weight excluding hydrogens is 327 g/mol. The molecule has 5 nitrogen and oxygen atoms in total. The van der Waals surface area contributed by atoms with E-state index in [1.54, 1.807) is 4.90 Å². The van der Waals surface area contributed by atoms with Crippen LogP contribution < -0.4 is 4.74 Å². The molecule has 1 aromatic rings. The van der Waals surface area contributed by atoms with Crippen LogP contribution in [-0.4, -0.2) is 40.8 Å². The Bertz CT molecular complexity index is 586. The smallest absolute Gasteiger partial charge is 0.481 e. The Kier molecular flexibility index (Phi) is 5.69. The van der Waals surface area contributed by atoms with Crippen molar-refractivity contribution < 1.29 is 32.6 Å². The Labute approximate surface area is 137 Å². The van der Waals surface area contributed by atoms with E-state index >= 15 is 0 Å². The zero-order valence-electron chi connectivity index (χ0n) is 12.9. The summed E-state index contributed by atoms with van der Waals surface area (Å²) in [5.41, 5.74) is 0.256. The molecule has 0 bridgehead atoms. The number of nitrogens with zero attached hydrogens (tertiary/aromatic N) is 1. The minimum absolute atomic E-state index is 0.0210. The summed E-state index contributed by atoms with van der Waals surface area (Å²) in [6.07, 6.45) is -1.95. The zero-order valence-corrected chi connectivity index (χ0v) is 12.9. The first kappa shape index (κ1) is 18.1. The second kappa shape index (κ2) is 7.55. The lowest BCUT2D eigenvalue weighted by atomic mass is 9.97. The molecule has 1 aromatic carbocycles. The summed E-state index contributed by atoms with van der Waals surface area (Å²) >= 11 is 0. The molecule has 24 heavy (non-hydrogen) atoms. The second-order valence-corrected chi connectivity index (χ2v) is 5.65. The van der Waals surface area contributed by atoms with Crippen LogP contribution in [0.5, 0.6) is 5.75 Å². The van der Waals surface area contributed by atoms with E-state index in [1.165, 1.54) is 12.1 Å². The maximum Gasteiger partial charge on any atom is 0.573 e. The van der Waals surface area contributed by atoms with Gasteiger partial charge in [0.05, 0.1) is 0 Å². The van der Waals surface area contributed by atoms with Crippen LogP contribution in [0.25, 0.3) is 0 Å². The highest BCUT2D eigenvalue weighted by Gasteiger charge is 2.31. The third-order valence-electron chi connectivity index (χ3n) is 3.91. The number of piperidine rings is 1. The van der Waals surface area contributed by atoms with Crippen molar-refractivity contribution in [2.45, 2.75) is 44.5 Å². The van der Waals surface area contributed by atoms with E-state index in [0.717, 1.165) is 31.4 Å². The van der Waals surface area contributed by atoms with Crippen LogP contribution in [0.4, 0.5) is 13.2 Å². The Morgan fingerprint density at radius 3 is 2.46 bits per heavy atom. The van der Waals surface area contributed by atoms with Gasteiger partial charge in [-0.25, -0.2) is 0 Å². The number of halogens is 3. The summed E-state index contributed by atoms with van der Waals surface area (Å²) in [5.74, 6) is -1.61. The van der Waals surface area contributed by atoms with Gasteiger partial charge < -0.3 is 14.7 Å². The van der Waals surface area contributed by atoms with Crippen molar-refractivity contribution in [1.82, 2.24) is 4.90 Å². The topological polar surface area (TPSA) is 66.8 Å². The van der Waals surface area contributed by atoms with Crippen molar-refractivity contribution in [2.75, 3.05) is 6.54 Å². The molecule has 1 atom stereocenters. The molecule has 2 rings (SSSR count). The number of hydrogen-bond donors (Lipinski definition) is 1. The predicted octanol–water partition coefficient (Wildman–Crippen LogP) is 3.44. The minimum Gasteiger partial charge on any atom is -0.481 e. The van der Waals surface area contributed by atoms with Gasteiger partial charge in [0, 0.05) is 24.6 Å². The number of hydrogen-bond acceptors (Lipinski definition) is 3. The first-order chi connectivity index (χ1) is 11.3. The van der Waals surface area contributed by atoms with Gasteiger partial charge >= 0.3 is 12.3 Å². The molecule has 1 unspecified atom stereocenters. The number of rotatable bonds is 5. The van der Waals surface area contributed by atoms with Crippen LogP contribution in [0.3, 0.4) is 0 Å². The lowest BCUT2D eigenvalue weighted by molar-refractivity contribution is -0.274. The summed E-state index contributed by atoms with van der Waals surface area (Å²) in [5, 5.41) is 8.80. The van der Waals surface area contributed by atoms with Crippen LogP contribution in [0.2, 0.25) is 0 Å². The van der Waals surface area contributed by atoms with Crippen LogP contribution in [0.1, 0.15) is 42.5 Å². The number of ether oxygens (including phenoxy) is 1. The highest BCUT2D eigenvalue weighted by atomic mass is 19.4. The van der Waals surface area contributed by atoms with E-state index in [2.05, 4.69) is 4.74 Å². The predicted molar refractivity (Wildman–Crippen MR) is 78.7 cm³/mol. The lowest BCUT2D eigenvalue weighted by Gasteiger charge is -2.35. The largest absolute Gasteiger partial charge is 0.573 e. The fraction of sp³-hybridized carbons (Fsp3) is 0.500. The first-order valence-electron chi connectivity index (χ1n) is 7.65. The molecule has 1 aliphatic heterocycles. The molecule has 0 aromatic heterocycles. The van der Waals surface area contributed by atoms with Crippen molar-refractivity contribution >= 4 is 11.9 Å². The molecule has 1 N–H and O–H groups in total. The lowest BCUT2D eigenvalue weighted by Crippen LogP contribution is -2.43. The average molecular weight is 345 g/mol. The first-order valence-corrected chi connectivity index (χ1v) is 7.65. The molecule has 1 amide bonds. The Morgan fingerprint density at radius 1 is 1.21 bits per heavy atom. The summed E-state index contributed by atoms with van der Waals surface area (Å²) in [4.78, 5) is 24.9. The van der Waals surface area contributed by atoms with Crippen LogP contribution >= 0.6 is 0 Å². The second-order valence-electron chi connectivity index (χ2n) is 5.65. The highest BCUT2D eigenvalue weighted by Crippen LogP contribution is 2.26. The van der Waals surface area contributed by atoms with E-state index < -0.39 is 12.3 Å². The SMILES string of the molecule is O=C(O)CCC1CCCCN1C(=O)c1ccc(OC(F)(F)F)cc1. The molecule has 8 heteroatoms. The van der Waals surface area contributed by atoms with Crippen molar-refractivity contribution in [3.05, 3.63) is 29.8 Å². The van der Waals surface area contributed by atoms with E-state index in [0.29, 0.717) is 13.0 Å². The fourth-order valence-electron chi connectivity index (χ4n) is 2.82. The number of carboxylic acids is 1. The van der Waals surface area contributed by atoms with Gasteiger partial charge in [-0.05, 0) is 49.9 Å². The summed E-state index contributed by atoms with van der Waals surface area (Å²) in [7, 11) is 0. The minimum atomic E-state index is -4.78. The van der Waals surface area contributed by atoms with Crippen molar-refractivity contribution in [3.8, 4) is 5.75 Å². The summed E-state index contributed by atoms with van der Waals surface area (Å²) in [6, 6.07) is 4.60. The summed E-state index contributed by atoms with van der Waals surface area (Å²) < 4.78 is 40.2. The molecule has 132 valence electrons. The molecule has 0 radical (unpaired) electrons. The third kappa shape index (κ3) is 5.14. The summed E-state index contributed by atoms with van der Waals surface area (Å²) in [6.45, 7) is 0.518. The van der Waals surface area contributed by atoms with Crippen LogP contribution in [-0.2, 0) is 4.79 Å². The molecule has 0 saturated carbocycles. The molecular formula is C16H18F3NO4. The number of alkyl halides is 3. The van der Waals surface area contributed by atoms with E-state index in [4.69, 9.17) is 5.11 Å². The molecule has 0 spiro atoms.